The van der Waals surface area contributed by atoms with Crippen molar-refractivity contribution in [3.8, 4) is 0 Å². The fourth-order valence-electron chi connectivity index (χ4n) is 2.21. The standard InChI is InChI=1S/C15H23Cl2N3/c1-4-7-18-14-12(16)8-13(17)15(19-14)20(9-10(2)3)11-5-6-11/h8,10-11H,4-7,9H2,1-3H3,(H,18,19). The summed E-state index contributed by atoms with van der Waals surface area (Å²) in [5.41, 5.74) is 0. The van der Waals surface area contributed by atoms with E-state index in [1.807, 2.05) is 0 Å². The highest BCUT2D eigenvalue weighted by molar-refractivity contribution is 6.37. The first kappa shape index (κ1) is 15.7. The predicted molar refractivity (Wildman–Crippen MR) is 88.2 cm³/mol. The summed E-state index contributed by atoms with van der Waals surface area (Å²) in [6.45, 7) is 8.39. The summed E-state index contributed by atoms with van der Waals surface area (Å²) in [6, 6.07) is 2.39. The number of nitrogens with one attached hydrogen (secondary N) is 1. The Kier molecular flexibility index (Phi) is 5.39. The number of aromatic nitrogens is 1. The minimum Gasteiger partial charge on any atom is -0.369 e. The molecule has 1 aliphatic carbocycles. The number of halogens is 2. The van der Waals surface area contributed by atoms with Gasteiger partial charge in [-0.25, -0.2) is 4.98 Å². The lowest BCUT2D eigenvalue weighted by Crippen LogP contribution is -2.31. The molecule has 1 aliphatic rings. The molecule has 112 valence electrons. The van der Waals surface area contributed by atoms with Crippen LogP contribution in [0.2, 0.25) is 10.0 Å². The van der Waals surface area contributed by atoms with E-state index in [0.29, 0.717) is 22.0 Å². The van der Waals surface area contributed by atoms with Crippen LogP contribution in [0.4, 0.5) is 11.6 Å². The maximum atomic E-state index is 6.37. The Hall–Kier alpha value is -0.670. The minimum atomic E-state index is 0.580. The normalized spacial score (nSPS) is 14.7. The van der Waals surface area contributed by atoms with Crippen LogP contribution in [0.5, 0.6) is 0 Å². The van der Waals surface area contributed by atoms with Gasteiger partial charge < -0.3 is 10.2 Å². The molecule has 0 saturated heterocycles. The highest BCUT2D eigenvalue weighted by Crippen LogP contribution is 2.37. The first-order valence-electron chi connectivity index (χ1n) is 7.39. The largest absolute Gasteiger partial charge is 0.369 e. The van der Waals surface area contributed by atoms with Crippen LogP contribution in [-0.2, 0) is 0 Å². The second-order valence-corrected chi connectivity index (χ2v) is 6.64. The molecule has 0 aromatic carbocycles. The third-order valence-electron chi connectivity index (χ3n) is 3.27. The molecule has 0 aliphatic heterocycles. The summed E-state index contributed by atoms with van der Waals surface area (Å²) >= 11 is 12.6. The van der Waals surface area contributed by atoms with Crippen LogP contribution in [-0.4, -0.2) is 24.1 Å². The average Bonchev–Trinajstić information content (AvgIpc) is 3.19. The Balaban J connectivity index is 2.27. The van der Waals surface area contributed by atoms with Gasteiger partial charge in [0, 0.05) is 19.1 Å². The lowest BCUT2D eigenvalue weighted by Gasteiger charge is -2.27. The summed E-state index contributed by atoms with van der Waals surface area (Å²) in [5, 5.41) is 4.50. The van der Waals surface area contributed by atoms with Crippen LogP contribution < -0.4 is 10.2 Å². The fraction of sp³-hybridized carbons (Fsp3) is 0.667. The SMILES string of the molecule is CCCNc1nc(N(CC(C)C)C2CC2)c(Cl)cc1Cl. The topological polar surface area (TPSA) is 28.2 Å². The molecule has 3 nitrogen and oxygen atoms in total. The van der Waals surface area contributed by atoms with Gasteiger partial charge in [0.2, 0.25) is 0 Å². The number of hydrogen-bond acceptors (Lipinski definition) is 3. The van der Waals surface area contributed by atoms with E-state index in [-0.39, 0.29) is 0 Å². The molecule has 1 saturated carbocycles. The molecule has 0 radical (unpaired) electrons. The van der Waals surface area contributed by atoms with Gasteiger partial charge in [0.05, 0.1) is 10.0 Å². The van der Waals surface area contributed by atoms with E-state index in [1.54, 1.807) is 6.07 Å². The van der Waals surface area contributed by atoms with Crippen molar-refractivity contribution in [2.45, 2.75) is 46.1 Å². The van der Waals surface area contributed by atoms with Crippen molar-refractivity contribution in [1.82, 2.24) is 4.98 Å². The zero-order valence-electron chi connectivity index (χ0n) is 12.4. The molecular formula is C15H23Cl2N3. The highest BCUT2D eigenvalue weighted by Gasteiger charge is 2.32. The van der Waals surface area contributed by atoms with Crippen LogP contribution in [0.15, 0.2) is 6.07 Å². The number of rotatable bonds is 7. The first-order chi connectivity index (χ1) is 9.52. The summed E-state index contributed by atoms with van der Waals surface area (Å²) in [5.74, 6) is 2.18. The molecule has 1 aromatic rings. The quantitative estimate of drug-likeness (QED) is 0.780. The van der Waals surface area contributed by atoms with Crippen LogP contribution in [0.1, 0.15) is 40.0 Å². The Bertz CT molecular complexity index is 459. The van der Waals surface area contributed by atoms with Crippen LogP contribution >= 0.6 is 23.2 Å². The second kappa shape index (κ2) is 6.86. The predicted octanol–water partition coefficient (Wildman–Crippen LogP) is 4.84. The monoisotopic (exact) mass is 315 g/mol. The van der Waals surface area contributed by atoms with Gasteiger partial charge in [-0.3, -0.25) is 0 Å². The van der Waals surface area contributed by atoms with E-state index in [1.165, 1.54) is 12.8 Å². The van der Waals surface area contributed by atoms with Crippen molar-refractivity contribution in [2.75, 3.05) is 23.3 Å². The van der Waals surface area contributed by atoms with Crippen molar-refractivity contribution in [3.05, 3.63) is 16.1 Å². The van der Waals surface area contributed by atoms with E-state index in [0.717, 1.165) is 31.1 Å². The fourth-order valence-corrected chi connectivity index (χ4v) is 2.75. The lowest BCUT2D eigenvalue weighted by atomic mass is 10.2. The van der Waals surface area contributed by atoms with Crippen LogP contribution in [0, 0.1) is 5.92 Å². The Morgan fingerprint density at radius 3 is 2.60 bits per heavy atom. The van der Waals surface area contributed by atoms with Crippen LogP contribution in [0.3, 0.4) is 0 Å². The summed E-state index contributed by atoms with van der Waals surface area (Å²) < 4.78 is 0. The lowest BCUT2D eigenvalue weighted by molar-refractivity contribution is 0.603. The van der Waals surface area contributed by atoms with Crippen molar-refractivity contribution in [2.24, 2.45) is 5.92 Å². The van der Waals surface area contributed by atoms with Gasteiger partial charge in [-0.15, -0.1) is 0 Å². The molecule has 1 aromatic heterocycles. The van der Waals surface area contributed by atoms with E-state index in [2.05, 4.69) is 36.0 Å². The average molecular weight is 316 g/mol. The highest BCUT2D eigenvalue weighted by atomic mass is 35.5. The molecule has 2 rings (SSSR count). The zero-order chi connectivity index (χ0) is 14.7. The molecule has 0 unspecified atom stereocenters. The Labute approximate surface area is 131 Å². The van der Waals surface area contributed by atoms with Gasteiger partial charge in [0.15, 0.2) is 0 Å². The van der Waals surface area contributed by atoms with Gasteiger partial charge >= 0.3 is 0 Å². The zero-order valence-corrected chi connectivity index (χ0v) is 13.9. The van der Waals surface area contributed by atoms with Crippen molar-refractivity contribution >= 4 is 34.8 Å². The van der Waals surface area contributed by atoms with Gasteiger partial charge in [-0.05, 0) is 31.2 Å². The molecule has 1 N–H and O–H groups in total. The van der Waals surface area contributed by atoms with Gasteiger partial charge in [0.25, 0.3) is 0 Å². The van der Waals surface area contributed by atoms with E-state index >= 15 is 0 Å². The minimum absolute atomic E-state index is 0.580. The van der Waals surface area contributed by atoms with E-state index < -0.39 is 0 Å². The third-order valence-corrected chi connectivity index (χ3v) is 3.84. The molecular weight excluding hydrogens is 293 g/mol. The molecule has 1 heterocycles. The Morgan fingerprint density at radius 1 is 1.35 bits per heavy atom. The number of hydrogen-bond donors (Lipinski definition) is 1. The van der Waals surface area contributed by atoms with Crippen molar-refractivity contribution in [3.63, 3.8) is 0 Å². The number of anilines is 2. The second-order valence-electron chi connectivity index (χ2n) is 5.83. The Morgan fingerprint density at radius 2 is 2.05 bits per heavy atom. The number of pyridine rings is 1. The molecule has 0 amide bonds. The summed E-state index contributed by atoms with van der Waals surface area (Å²) in [7, 11) is 0. The van der Waals surface area contributed by atoms with Gasteiger partial charge in [0.1, 0.15) is 11.6 Å². The van der Waals surface area contributed by atoms with E-state index in [4.69, 9.17) is 23.2 Å². The van der Waals surface area contributed by atoms with Crippen LogP contribution in [0.25, 0.3) is 0 Å². The molecule has 20 heavy (non-hydrogen) atoms. The smallest absolute Gasteiger partial charge is 0.150 e. The van der Waals surface area contributed by atoms with E-state index in [9.17, 15) is 0 Å². The van der Waals surface area contributed by atoms with Crippen molar-refractivity contribution < 1.29 is 0 Å². The van der Waals surface area contributed by atoms with Gasteiger partial charge in [-0.2, -0.15) is 0 Å². The molecule has 1 fully saturated rings. The molecule has 0 bridgehead atoms. The maximum Gasteiger partial charge on any atom is 0.150 e. The maximum absolute atomic E-state index is 6.37. The third kappa shape index (κ3) is 3.92. The summed E-state index contributed by atoms with van der Waals surface area (Å²) in [4.78, 5) is 7.01. The molecule has 0 spiro atoms. The molecule has 5 heteroatoms. The summed E-state index contributed by atoms with van der Waals surface area (Å²) in [6.07, 6.45) is 3.49. The van der Waals surface area contributed by atoms with Gasteiger partial charge in [-0.1, -0.05) is 44.0 Å². The molecule has 0 atom stereocenters. The number of nitrogens with zero attached hydrogens (tertiary/aromatic N) is 2. The first-order valence-corrected chi connectivity index (χ1v) is 8.15. The van der Waals surface area contributed by atoms with Crippen molar-refractivity contribution in [1.29, 1.82) is 0 Å².